The van der Waals surface area contributed by atoms with E-state index in [0.717, 1.165) is 11.8 Å². The number of benzene rings is 1. The van der Waals surface area contributed by atoms with Gasteiger partial charge in [0.05, 0.1) is 32.1 Å². The van der Waals surface area contributed by atoms with Crippen LogP contribution in [0.3, 0.4) is 0 Å². The van der Waals surface area contributed by atoms with Crippen molar-refractivity contribution in [1.82, 2.24) is 10.2 Å². The van der Waals surface area contributed by atoms with Crippen LogP contribution >= 0.6 is 0 Å². The van der Waals surface area contributed by atoms with Crippen molar-refractivity contribution >= 4 is 22.1 Å². The molecule has 1 N–H and O–H groups in total. The number of amides is 2. The lowest BCUT2D eigenvalue weighted by atomic mass is 10.2. The van der Waals surface area contributed by atoms with Gasteiger partial charge in [-0.05, 0) is 5.56 Å². The highest BCUT2D eigenvalue weighted by Crippen LogP contribution is 2.06. The molecule has 1 aromatic rings. The number of nitrogens with zero attached hydrogens (tertiary/aromatic N) is 1. The minimum Gasteiger partial charge on any atom is -0.445 e. The highest BCUT2D eigenvalue weighted by Gasteiger charge is 2.24. The topological polar surface area (TPSA) is 111 Å². The molecule has 0 bridgehead atoms. The Bertz CT molecular complexity index is 718. The highest BCUT2D eigenvalue weighted by atomic mass is 32.2. The van der Waals surface area contributed by atoms with Crippen LogP contribution in [0.4, 0.5) is 4.79 Å². The lowest BCUT2D eigenvalue weighted by Crippen LogP contribution is -2.46. The molecule has 9 nitrogen and oxygen atoms in total. The Morgan fingerprint density at radius 2 is 1.89 bits per heavy atom. The molecule has 0 spiro atoms. The van der Waals surface area contributed by atoms with Gasteiger partial charge in [-0.1, -0.05) is 30.3 Å². The van der Waals surface area contributed by atoms with Crippen molar-refractivity contribution < 1.29 is 31.7 Å². The van der Waals surface area contributed by atoms with Gasteiger partial charge in [0.15, 0.2) is 0 Å². The first kappa shape index (κ1) is 21.1. The molecule has 150 valence electrons. The summed E-state index contributed by atoms with van der Waals surface area (Å²) >= 11 is 0. The molecule has 0 saturated carbocycles. The molecule has 1 saturated heterocycles. The maximum atomic E-state index is 12.4. The van der Waals surface area contributed by atoms with Crippen LogP contribution in [0, 0.1) is 0 Å². The van der Waals surface area contributed by atoms with E-state index < -0.39 is 22.3 Å². The standard InChI is InChI=1S/C17H24N2O7S/c1-27(22,23)26-13-15(11-16(20)19-7-9-24-10-8-19)18-17(21)25-12-14-5-3-2-4-6-14/h2-6,15H,7-13H2,1H3,(H,18,21). The molecule has 1 aliphatic rings. The SMILES string of the molecule is CS(=O)(=O)OCC(CC(=O)N1CCOCC1)NC(=O)OCc1ccccc1. The Balaban J connectivity index is 1.89. The molecule has 1 unspecified atom stereocenters. The van der Waals surface area contributed by atoms with E-state index in [9.17, 15) is 18.0 Å². The molecule has 0 aromatic heterocycles. The van der Waals surface area contributed by atoms with E-state index in [2.05, 4.69) is 5.32 Å². The summed E-state index contributed by atoms with van der Waals surface area (Å²) in [6.07, 6.45) is 0.0492. The van der Waals surface area contributed by atoms with E-state index in [1.165, 1.54) is 0 Å². The van der Waals surface area contributed by atoms with Gasteiger partial charge in [0.1, 0.15) is 6.61 Å². The van der Waals surface area contributed by atoms with E-state index in [1.54, 1.807) is 17.0 Å². The smallest absolute Gasteiger partial charge is 0.407 e. The average Bonchev–Trinajstić information content (AvgIpc) is 2.65. The normalized spacial score (nSPS) is 15.8. The maximum absolute atomic E-state index is 12.4. The number of hydrogen-bond acceptors (Lipinski definition) is 7. The number of morpholine rings is 1. The second-order valence-corrected chi connectivity index (χ2v) is 7.73. The number of alkyl carbamates (subject to hydrolysis) is 1. The third-order valence-electron chi connectivity index (χ3n) is 3.80. The quantitative estimate of drug-likeness (QED) is 0.633. The lowest BCUT2D eigenvalue weighted by molar-refractivity contribution is -0.135. The second kappa shape index (κ2) is 10.2. The fourth-order valence-corrected chi connectivity index (χ4v) is 2.85. The Morgan fingerprint density at radius 3 is 2.52 bits per heavy atom. The van der Waals surface area contributed by atoms with Crippen molar-refractivity contribution in [3.05, 3.63) is 35.9 Å². The fourth-order valence-electron chi connectivity index (χ4n) is 2.44. The molecule has 2 rings (SSSR count). The molecule has 1 aliphatic heterocycles. The van der Waals surface area contributed by atoms with Gasteiger partial charge in [0.25, 0.3) is 10.1 Å². The van der Waals surface area contributed by atoms with E-state index in [-0.39, 0.29) is 25.5 Å². The minimum atomic E-state index is -3.71. The van der Waals surface area contributed by atoms with Crippen molar-refractivity contribution in [2.45, 2.75) is 19.1 Å². The van der Waals surface area contributed by atoms with Gasteiger partial charge in [0.2, 0.25) is 5.91 Å². The molecule has 27 heavy (non-hydrogen) atoms. The van der Waals surface area contributed by atoms with Gasteiger partial charge in [-0.15, -0.1) is 0 Å². The molecule has 10 heteroatoms. The van der Waals surface area contributed by atoms with Crippen molar-refractivity contribution in [3.63, 3.8) is 0 Å². The minimum absolute atomic E-state index is 0.0593. The molecular formula is C17H24N2O7S. The van der Waals surface area contributed by atoms with Gasteiger partial charge in [0, 0.05) is 19.5 Å². The molecule has 1 heterocycles. The van der Waals surface area contributed by atoms with Crippen LogP contribution < -0.4 is 5.32 Å². The molecule has 2 amide bonds. The monoisotopic (exact) mass is 400 g/mol. The zero-order valence-corrected chi connectivity index (χ0v) is 15.9. The average molecular weight is 400 g/mol. The Labute approximate surface area is 158 Å². The second-order valence-electron chi connectivity index (χ2n) is 6.09. The van der Waals surface area contributed by atoms with Gasteiger partial charge >= 0.3 is 6.09 Å². The summed E-state index contributed by atoms with van der Waals surface area (Å²) in [6, 6.07) is 8.26. The largest absolute Gasteiger partial charge is 0.445 e. The summed E-state index contributed by atoms with van der Waals surface area (Å²) < 4.78 is 37.5. The van der Waals surface area contributed by atoms with Crippen LogP contribution in [0.2, 0.25) is 0 Å². The molecule has 1 aromatic carbocycles. The van der Waals surface area contributed by atoms with Crippen LogP contribution in [0.1, 0.15) is 12.0 Å². The van der Waals surface area contributed by atoms with Crippen LogP contribution in [0.15, 0.2) is 30.3 Å². The number of hydrogen-bond donors (Lipinski definition) is 1. The number of ether oxygens (including phenoxy) is 2. The first-order valence-corrected chi connectivity index (χ1v) is 10.3. The first-order chi connectivity index (χ1) is 12.8. The Hall–Kier alpha value is -2.17. The maximum Gasteiger partial charge on any atom is 0.407 e. The van der Waals surface area contributed by atoms with E-state index >= 15 is 0 Å². The fraction of sp³-hybridized carbons (Fsp3) is 0.529. The summed E-state index contributed by atoms with van der Waals surface area (Å²) in [5, 5.41) is 2.50. The van der Waals surface area contributed by atoms with Crippen LogP contribution in [0.25, 0.3) is 0 Å². The Kier molecular flexibility index (Phi) is 8.01. The number of rotatable bonds is 8. The number of nitrogens with one attached hydrogen (secondary N) is 1. The summed E-state index contributed by atoms with van der Waals surface area (Å²) in [5.74, 6) is -0.219. The summed E-state index contributed by atoms with van der Waals surface area (Å²) in [7, 11) is -3.71. The van der Waals surface area contributed by atoms with E-state index in [0.29, 0.717) is 26.3 Å². The van der Waals surface area contributed by atoms with Crippen molar-refractivity contribution in [1.29, 1.82) is 0 Å². The molecule has 0 radical (unpaired) electrons. The number of carbonyl (C=O) groups is 2. The zero-order valence-electron chi connectivity index (χ0n) is 15.1. The predicted molar refractivity (Wildman–Crippen MR) is 96.4 cm³/mol. The third kappa shape index (κ3) is 8.37. The van der Waals surface area contributed by atoms with Crippen LogP contribution in [-0.4, -0.2) is 70.5 Å². The van der Waals surface area contributed by atoms with Gasteiger partial charge in [-0.2, -0.15) is 8.42 Å². The van der Waals surface area contributed by atoms with Crippen LogP contribution in [-0.2, 0) is 35.2 Å². The zero-order chi connectivity index (χ0) is 19.7. The van der Waals surface area contributed by atoms with E-state index in [1.807, 2.05) is 18.2 Å². The summed E-state index contributed by atoms with van der Waals surface area (Å²) in [4.78, 5) is 26.0. The predicted octanol–water partition coefficient (Wildman–Crippen LogP) is 0.507. The number of carbonyl (C=O) groups excluding carboxylic acids is 2. The van der Waals surface area contributed by atoms with Crippen molar-refractivity contribution in [2.24, 2.45) is 0 Å². The van der Waals surface area contributed by atoms with E-state index in [4.69, 9.17) is 13.7 Å². The Morgan fingerprint density at radius 1 is 1.22 bits per heavy atom. The summed E-state index contributed by atoms with van der Waals surface area (Å²) in [6.45, 7) is 1.51. The summed E-state index contributed by atoms with van der Waals surface area (Å²) in [5.41, 5.74) is 0.806. The molecule has 1 atom stereocenters. The molecular weight excluding hydrogens is 376 g/mol. The highest BCUT2D eigenvalue weighted by molar-refractivity contribution is 7.85. The molecule has 0 aliphatic carbocycles. The van der Waals surface area contributed by atoms with Crippen LogP contribution in [0.5, 0.6) is 0 Å². The van der Waals surface area contributed by atoms with Gasteiger partial charge in [-0.3, -0.25) is 8.98 Å². The first-order valence-electron chi connectivity index (χ1n) is 8.50. The van der Waals surface area contributed by atoms with Gasteiger partial charge in [-0.25, -0.2) is 4.79 Å². The lowest BCUT2D eigenvalue weighted by Gasteiger charge is -2.28. The van der Waals surface area contributed by atoms with Crippen molar-refractivity contribution in [3.8, 4) is 0 Å². The third-order valence-corrected chi connectivity index (χ3v) is 4.37. The van der Waals surface area contributed by atoms with Gasteiger partial charge < -0.3 is 19.7 Å². The van der Waals surface area contributed by atoms with Crippen molar-refractivity contribution in [2.75, 3.05) is 39.2 Å². The molecule has 1 fully saturated rings.